The van der Waals surface area contributed by atoms with E-state index in [1.54, 1.807) is 0 Å². The molecule has 0 aromatic heterocycles. The molecule has 2 saturated heterocycles. The minimum absolute atomic E-state index is 0.176. The Balaban J connectivity index is 1.68. The second-order valence-electron chi connectivity index (χ2n) is 6.39. The van der Waals surface area contributed by atoms with Gasteiger partial charge in [-0.3, -0.25) is 4.90 Å². The lowest BCUT2D eigenvalue weighted by molar-refractivity contribution is 0.260. The molecule has 0 saturated carbocycles. The summed E-state index contributed by atoms with van der Waals surface area (Å²) in [6, 6.07) is 7.00. The molecule has 2 atom stereocenters. The molecule has 116 valence electrons. The molecule has 1 aromatic rings. The highest BCUT2D eigenvalue weighted by molar-refractivity contribution is 5.54. The van der Waals surface area contributed by atoms with Crippen molar-refractivity contribution in [2.45, 2.75) is 38.3 Å². The van der Waals surface area contributed by atoms with Crippen LogP contribution in [-0.2, 0) is 0 Å². The maximum Gasteiger partial charge on any atom is 0.122 e. The molecule has 4 nitrogen and oxygen atoms in total. The van der Waals surface area contributed by atoms with E-state index in [2.05, 4.69) is 34.2 Å². The molecule has 4 heteroatoms. The van der Waals surface area contributed by atoms with Gasteiger partial charge in [-0.2, -0.15) is 0 Å². The van der Waals surface area contributed by atoms with Crippen LogP contribution in [0.4, 0.5) is 5.69 Å². The normalized spacial score (nSPS) is 24.7. The second-order valence-corrected chi connectivity index (χ2v) is 6.39. The van der Waals surface area contributed by atoms with Crippen molar-refractivity contribution in [2.24, 2.45) is 0 Å². The molecule has 2 fully saturated rings. The fraction of sp³-hybridized carbons (Fsp3) is 0.647. The van der Waals surface area contributed by atoms with E-state index in [4.69, 9.17) is 0 Å². The van der Waals surface area contributed by atoms with E-state index >= 15 is 0 Å². The van der Waals surface area contributed by atoms with E-state index in [1.165, 1.54) is 32.4 Å². The number of nitrogens with zero attached hydrogens (tertiary/aromatic N) is 2. The molecule has 0 radical (unpaired) electrons. The number of anilines is 1. The number of nitrogens with one attached hydrogen (secondary N) is 1. The van der Waals surface area contributed by atoms with Crippen LogP contribution in [0.1, 0.15) is 37.8 Å². The maximum absolute atomic E-state index is 10.3. The SMILES string of the molecule is CNC(C)c1ccc(N2CCC(N3CCCC3)C2)cc1O. The van der Waals surface area contributed by atoms with Crippen molar-refractivity contribution in [2.75, 3.05) is 38.1 Å². The summed E-state index contributed by atoms with van der Waals surface area (Å²) in [6.07, 6.45) is 3.96. The van der Waals surface area contributed by atoms with E-state index in [9.17, 15) is 5.11 Å². The summed E-state index contributed by atoms with van der Waals surface area (Å²) in [5.74, 6) is 0.402. The molecular weight excluding hydrogens is 262 g/mol. The van der Waals surface area contributed by atoms with Crippen LogP contribution >= 0.6 is 0 Å². The number of phenols is 1. The average Bonchev–Trinajstić information content (AvgIpc) is 3.17. The van der Waals surface area contributed by atoms with Gasteiger partial charge in [0.05, 0.1) is 0 Å². The number of phenolic OH excluding ortho intramolecular Hbond substituents is 1. The third-order valence-corrected chi connectivity index (χ3v) is 5.10. The molecule has 3 rings (SSSR count). The third-order valence-electron chi connectivity index (χ3n) is 5.10. The monoisotopic (exact) mass is 289 g/mol. The van der Waals surface area contributed by atoms with Crippen molar-refractivity contribution in [3.05, 3.63) is 23.8 Å². The summed E-state index contributed by atoms with van der Waals surface area (Å²) in [4.78, 5) is 5.05. The van der Waals surface area contributed by atoms with Gasteiger partial charge in [-0.15, -0.1) is 0 Å². The Morgan fingerprint density at radius 2 is 2.00 bits per heavy atom. The van der Waals surface area contributed by atoms with Crippen LogP contribution in [-0.4, -0.2) is 49.3 Å². The summed E-state index contributed by atoms with van der Waals surface area (Å²) in [6.45, 7) is 6.79. The zero-order chi connectivity index (χ0) is 14.8. The van der Waals surface area contributed by atoms with Crippen molar-refractivity contribution in [1.82, 2.24) is 10.2 Å². The molecule has 0 spiro atoms. The van der Waals surface area contributed by atoms with Crippen LogP contribution in [0.25, 0.3) is 0 Å². The molecule has 21 heavy (non-hydrogen) atoms. The van der Waals surface area contributed by atoms with Crippen LogP contribution in [0.15, 0.2) is 18.2 Å². The zero-order valence-corrected chi connectivity index (χ0v) is 13.2. The van der Waals surface area contributed by atoms with E-state index < -0.39 is 0 Å². The first-order valence-electron chi connectivity index (χ1n) is 8.18. The lowest BCUT2D eigenvalue weighted by atomic mass is 10.1. The molecule has 2 unspecified atom stereocenters. The molecule has 2 aliphatic heterocycles. The van der Waals surface area contributed by atoms with Crippen LogP contribution in [0.3, 0.4) is 0 Å². The van der Waals surface area contributed by atoms with Crippen LogP contribution in [0.2, 0.25) is 0 Å². The summed E-state index contributed by atoms with van der Waals surface area (Å²) < 4.78 is 0. The Labute approximate surface area is 127 Å². The first-order chi connectivity index (χ1) is 10.2. The van der Waals surface area contributed by atoms with Gasteiger partial charge in [0.25, 0.3) is 0 Å². The summed E-state index contributed by atoms with van der Waals surface area (Å²) in [5, 5.41) is 13.4. The Hall–Kier alpha value is -1.26. The van der Waals surface area contributed by atoms with Gasteiger partial charge in [0, 0.05) is 42.5 Å². The Morgan fingerprint density at radius 3 is 2.67 bits per heavy atom. The van der Waals surface area contributed by atoms with E-state index in [0.717, 1.165) is 24.3 Å². The first kappa shape index (κ1) is 14.7. The number of likely N-dealkylation sites (tertiary alicyclic amines) is 1. The first-order valence-corrected chi connectivity index (χ1v) is 8.18. The average molecular weight is 289 g/mol. The maximum atomic E-state index is 10.3. The highest BCUT2D eigenvalue weighted by Crippen LogP contribution is 2.31. The molecule has 1 aromatic carbocycles. The molecule has 2 N–H and O–H groups in total. The molecule has 2 aliphatic rings. The third kappa shape index (κ3) is 3.01. The summed E-state index contributed by atoms with van der Waals surface area (Å²) in [7, 11) is 1.92. The standard InChI is InChI=1S/C17H27N3O/c1-13(18-2)16-6-5-14(11-17(16)21)20-10-7-15(12-20)19-8-3-4-9-19/h5-6,11,13,15,18,21H,3-4,7-10,12H2,1-2H3. The number of rotatable bonds is 4. The van der Waals surface area contributed by atoms with Crippen LogP contribution in [0, 0.1) is 0 Å². The molecule has 2 heterocycles. The van der Waals surface area contributed by atoms with Gasteiger partial charge in [0.15, 0.2) is 0 Å². The van der Waals surface area contributed by atoms with Crippen molar-refractivity contribution >= 4 is 5.69 Å². The largest absolute Gasteiger partial charge is 0.508 e. The molecule has 0 aliphatic carbocycles. The van der Waals surface area contributed by atoms with E-state index in [-0.39, 0.29) is 6.04 Å². The summed E-state index contributed by atoms with van der Waals surface area (Å²) >= 11 is 0. The lowest BCUT2D eigenvalue weighted by Gasteiger charge is -2.25. The highest BCUT2D eigenvalue weighted by Gasteiger charge is 2.29. The predicted molar refractivity (Wildman–Crippen MR) is 87.0 cm³/mol. The van der Waals surface area contributed by atoms with Gasteiger partial charge in [0.2, 0.25) is 0 Å². The van der Waals surface area contributed by atoms with Gasteiger partial charge >= 0.3 is 0 Å². The quantitative estimate of drug-likeness (QED) is 0.892. The number of aromatic hydroxyl groups is 1. The lowest BCUT2D eigenvalue weighted by Crippen LogP contribution is -2.35. The van der Waals surface area contributed by atoms with Gasteiger partial charge in [-0.1, -0.05) is 6.07 Å². The zero-order valence-electron chi connectivity index (χ0n) is 13.2. The molecule has 0 amide bonds. The van der Waals surface area contributed by atoms with Crippen molar-refractivity contribution < 1.29 is 5.11 Å². The van der Waals surface area contributed by atoms with Crippen molar-refractivity contribution in [1.29, 1.82) is 0 Å². The van der Waals surface area contributed by atoms with E-state index in [0.29, 0.717) is 11.8 Å². The highest BCUT2D eigenvalue weighted by atomic mass is 16.3. The Kier molecular flexibility index (Phi) is 4.36. The Bertz CT molecular complexity index is 485. The number of benzene rings is 1. The van der Waals surface area contributed by atoms with Gasteiger partial charge in [-0.25, -0.2) is 0 Å². The smallest absolute Gasteiger partial charge is 0.122 e. The second kappa shape index (κ2) is 6.24. The predicted octanol–water partition coefficient (Wildman–Crippen LogP) is 2.35. The number of hydrogen-bond acceptors (Lipinski definition) is 4. The minimum Gasteiger partial charge on any atom is -0.508 e. The van der Waals surface area contributed by atoms with Crippen LogP contribution < -0.4 is 10.2 Å². The molecule has 0 bridgehead atoms. The summed E-state index contributed by atoms with van der Waals surface area (Å²) in [5.41, 5.74) is 2.12. The van der Waals surface area contributed by atoms with Gasteiger partial charge in [0.1, 0.15) is 5.75 Å². The fourth-order valence-electron chi connectivity index (χ4n) is 3.63. The molecular formula is C17H27N3O. The van der Waals surface area contributed by atoms with Crippen molar-refractivity contribution in [3.63, 3.8) is 0 Å². The van der Waals surface area contributed by atoms with E-state index in [1.807, 2.05) is 13.1 Å². The topological polar surface area (TPSA) is 38.7 Å². The number of hydrogen-bond donors (Lipinski definition) is 2. The fourth-order valence-corrected chi connectivity index (χ4v) is 3.63. The van der Waals surface area contributed by atoms with Gasteiger partial charge in [-0.05, 0) is 52.4 Å². The van der Waals surface area contributed by atoms with Crippen molar-refractivity contribution in [3.8, 4) is 5.75 Å². The van der Waals surface area contributed by atoms with Gasteiger partial charge < -0.3 is 15.3 Å². The Morgan fingerprint density at radius 1 is 1.24 bits per heavy atom. The minimum atomic E-state index is 0.176. The van der Waals surface area contributed by atoms with Crippen LogP contribution in [0.5, 0.6) is 5.75 Å².